The number of aromatic nitrogens is 1. The van der Waals surface area contributed by atoms with Gasteiger partial charge in [0.15, 0.2) is 0 Å². The first-order chi connectivity index (χ1) is 12.6. The Balaban J connectivity index is 1.56. The molecule has 1 fully saturated rings. The summed E-state index contributed by atoms with van der Waals surface area (Å²) in [5, 5.41) is 6.94. The summed E-state index contributed by atoms with van der Waals surface area (Å²) in [4.78, 5) is 19.0. The van der Waals surface area contributed by atoms with Crippen LogP contribution in [0.2, 0.25) is 10.0 Å². The number of benzene rings is 1. The maximum Gasteiger partial charge on any atom is 0.255 e. The number of hydrogen-bond acceptors (Lipinski definition) is 5. The highest BCUT2D eigenvalue weighted by Crippen LogP contribution is 2.25. The van der Waals surface area contributed by atoms with E-state index in [-0.39, 0.29) is 5.91 Å². The van der Waals surface area contributed by atoms with Gasteiger partial charge in [-0.05, 0) is 30.3 Å². The number of ether oxygens (including phenoxy) is 1. The van der Waals surface area contributed by atoms with Crippen LogP contribution < -0.4 is 10.6 Å². The normalized spacial score (nSPS) is 14.8. The van der Waals surface area contributed by atoms with Crippen molar-refractivity contribution in [1.82, 2.24) is 9.88 Å². The number of carbonyl (C=O) groups excluding carboxylic acids is 1. The minimum absolute atomic E-state index is 0.257. The average molecular weight is 395 g/mol. The van der Waals surface area contributed by atoms with Gasteiger partial charge in [0.2, 0.25) is 0 Å². The molecule has 1 aliphatic rings. The fourth-order valence-electron chi connectivity index (χ4n) is 2.62. The van der Waals surface area contributed by atoms with Crippen LogP contribution in [0.5, 0.6) is 0 Å². The Bertz CT molecular complexity index is 767. The molecule has 1 aromatic heterocycles. The van der Waals surface area contributed by atoms with Crippen LogP contribution in [0.4, 0.5) is 11.5 Å². The minimum atomic E-state index is -0.257. The van der Waals surface area contributed by atoms with Crippen molar-refractivity contribution >= 4 is 40.6 Å². The van der Waals surface area contributed by atoms with E-state index < -0.39 is 0 Å². The van der Waals surface area contributed by atoms with Gasteiger partial charge < -0.3 is 15.4 Å². The van der Waals surface area contributed by atoms with Gasteiger partial charge in [0.05, 0.1) is 23.9 Å². The SMILES string of the molecule is O=C(Nc1ccc(Cl)cc1Cl)c1ccnc(NCCN2CCOCC2)c1. The first kappa shape index (κ1) is 18.9. The largest absolute Gasteiger partial charge is 0.379 e. The molecule has 0 bridgehead atoms. The van der Waals surface area contributed by atoms with Crippen LogP contribution in [0.25, 0.3) is 0 Å². The molecule has 138 valence electrons. The Kier molecular flexibility index (Phi) is 6.68. The maximum atomic E-state index is 12.4. The van der Waals surface area contributed by atoms with Gasteiger partial charge in [-0.3, -0.25) is 9.69 Å². The van der Waals surface area contributed by atoms with E-state index in [4.69, 9.17) is 27.9 Å². The van der Waals surface area contributed by atoms with E-state index in [2.05, 4.69) is 20.5 Å². The van der Waals surface area contributed by atoms with Gasteiger partial charge in [0, 0.05) is 43.0 Å². The third kappa shape index (κ3) is 5.32. The standard InChI is InChI=1S/C18H20Cl2N4O2/c19-14-1-2-16(15(20)12-14)23-18(25)13-3-4-21-17(11-13)22-5-6-24-7-9-26-10-8-24/h1-4,11-12H,5-10H2,(H,21,22)(H,23,25). The summed E-state index contributed by atoms with van der Waals surface area (Å²) in [7, 11) is 0. The first-order valence-electron chi connectivity index (χ1n) is 8.38. The molecule has 1 amide bonds. The minimum Gasteiger partial charge on any atom is -0.379 e. The van der Waals surface area contributed by atoms with Crippen molar-refractivity contribution in [3.05, 3.63) is 52.1 Å². The van der Waals surface area contributed by atoms with Crippen LogP contribution in [0.1, 0.15) is 10.4 Å². The summed E-state index contributed by atoms with van der Waals surface area (Å²) >= 11 is 12.0. The number of morpholine rings is 1. The van der Waals surface area contributed by atoms with Gasteiger partial charge in [-0.25, -0.2) is 4.98 Å². The summed E-state index contributed by atoms with van der Waals surface area (Å²) in [6.45, 7) is 5.10. The molecule has 2 aromatic rings. The molecule has 3 rings (SSSR count). The van der Waals surface area contributed by atoms with E-state index in [9.17, 15) is 4.79 Å². The molecule has 0 saturated carbocycles. The second-order valence-corrected chi connectivity index (χ2v) is 6.73. The highest BCUT2D eigenvalue weighted by molar-refractivity contribution is 6.36. The average Bonchev–Trinajstić information content (AvgIpc) is 2.65. The summed E-state index contributed by atoms with van der Waals surface area (Å²) in [6.07, 6.45) is 1.61. The molecule has 1 saturated heterocycles. The molecule has 0 aliphatic carbocycles. The zero-order valence-electron chi connectivity index (χ0n) is 14.2. The Morgan fingerprint density at radius 2 is 2.00 bits per heavy atom. The maximum absolute atomic E-state index is 12.4. The van der Waals surface area contributed by atoms with E-state index in [1.807, 2.05) is 0 Å². The number of hydrogen-bond donors (Lipinski definition) is 2. The summed E-state index contributed by atoms with van der Waals surface area (Å²) < 4.78 is 5.33. The summed E-state index contributed by atoms with van der Waals surface area (Å²) in [5.41, 5.74) is 1.01. The van der Waals surface area contributed by atoms with Crippen LogP contribution in [-0.4, -0.2) is 55.2 Å². The number of amides is 1. The molecule has 2 heterocycles. The number of nitrogens with one attached hydrogen (secondary N) is 2. The van der Waals surface area contributed by atoms with Crippen molar-refractivity contribution in [2.75, 3.05) is 50.0 Å². The molecule has 1 aliphatic heterocycles. The fraction of sp³-hybridized carbons (Fsp3) is 0.333. The van der Waals surface area contributed by atoms with Crippen molar-refractivity contribution < 1.29 is 9.53 Å². The Morgan fingerprint density at radius 3 is 2.77 bits per heavy atom. The molecule has 8 heteroatoms. The third-order valence-electron chi connectivity index (χ3n) is 4.04. The number of pyridine rings is 1. The van der Waals surface area contributed by atoms with Gasteiger partial charge >= 0.3 is 0 Å². The number of anilines is 2. The third-order valence-corrected chi connectivity index (χ3v) is 4.59. The monoisotopic (exact) mass is 394 g/mol. The molecular weight excluding hydrogens is 375 g/mol. The van der Waals surface area contributed by atoms with Crippen molar-refractivity contribution in [3.63, 3.8) is 0 Å². The molecule has 0 radical (unpaired) electrons. The number of rotatable bonds is 6. The van der Waals surface area contributed by atoms with Crippen molar-refractivity contribution in [1.29, 1.82) is 0 Å². The Labute approximate surface area is 162 Å². The zero-order valence-corrected chi connectivity index (χ0v) is 15.7. The van der Waals surface area contributed by atoms with Gasteiger partial charge in [-0.2, -0.15) is 0 Å². The summed E-state index contributed by atoms with van der Waals surface area (Å²) in [6, 6.07) is 8.31. The number of nitrogens with zero attached hydrogens (tertiary/aromatic N) is 2. The second-order valence-electron chi connectivity index (χ2n) is 5.89. The van der Waals surface area contributed by atoms with Gasteiger partial charge in [-0.1, -0.05) is 23.2 Å². The molecule has 2 N–H and O–H groups in total. The lowest BCUT2D eigenvalue weighted by Gasteiger charge is -2.26. The van der Waals surface area contributed by atoms with Gasteiger partial charge in [-0.15, -0.1) is 0 Å². The highest BCUT2D eigenvalue weighted by atomic mass is 35.5. The molecule has 1 aromatic carbocycles. The zero-order chi connectivity index (χ0) is 18.4. The van der Waals surface area contributed by atoms with Crippen molar-refractivity contribution in [2.45, 2.75) is 0 Å². The topological polar surface area (TPSA) is 66.5 Å². The number of halogens is 2. The second kappa shape index (κ2) is 9.19. The van der Waals surface area contributed by atoms with Crippen LogP contribution in [0, 0.1) is 0 Å². The Morgan fingerprint density at radius 1 is 1.19 bits per heavy atom. The van der Waals surface area contributed by atoms with E-state index in [0.717, 1.165) is 39.4 Å². The molecule has 26 heavy (non-hydrogen) atoms. The highest BCUT2D eigenvalue weighted by Gasteiger charge is 2.11. The molecule has 0 unspecified atom stereocenters. The van der Waals surface area contributed by atoms with E-state index in [1.54, 1.807) is 36.5 Å². The van der Waals surface area contributed by atoms with Crippen LogP contribution in [0.15, 0.2) is 36.5 Å². The molecule has 0 spiro atoms. The molecule has 6 nitrogen and oxygen atoms in total. The first-order valence-corrected chi connectivity index (χ1v) is 9.14. The lowest BCUT2D eigenvalue weighted by atomic mass is 10.2. The smallest absolute Gasteiger partial charge is 0.255 e. The fourth-order valence-corrected chi connectivity index (χ4v) is 3.08. The van der Waals surface area contributed by atoms with Crippen LogP contribution >= 0.6 is 23.2 Å². The summed E-state index contributed by atoms with van der Waals surface area (Å²) in [5.74, 6) is 0.404. The van der Waals surface area contributed by atoms with Gasteiger partial charge in [0.25, 0.3) is 5.91 Å². The van der Waals surface area contributed by atoms with Crippen LogP contribution in [0.3, 0.4) is 0 Å². The van der Waals surface area contributed by atoms with Crippen molar-refractivity contribution in [2.24, 2.45) is 0 Å². The van der Waals surface area contributed by atoms with Gasteiger partial charge in [0.1, 0.15) is 5.82 Å². The van der Waals surface area contributed by atoms with E-state index in [1.165, 1.54) is 0 Å². The number of carbonyl (C=O) groups is 1. The van der Waals surface area contributed by atoms with E-state index in [0.29, 0.717) is 27.1 Å². The predicted octanol–water partition coefficient (Wildman–Crippen LogP) is 3.38. The Hall–Kier alpha value is -1.86. The lowest BCUT2D eigenvalue weighted by Crippen LogP contribution is -2.39. The molecule has 0 atom stereocenters. The molecular formula is C18H20Cl2N4O2. The quantitative estimate of drug-likeness (QED) is 0.785. The predicted molar refractivity (Wildman–Crippen MR) is 104 cm³/mol. The lowest BCUT2D eigenvalue weighted by molar-refractivity contribution is 0.0398. The van der Waals surface area contributed by atoms with E-state index >= 15 is 0 Å². The van der Waals surface area contributed by atoms with Crippen molar-refractivity contribution in [3.8, 4) is 0 Å². The van der Waals surface area contributed by atoms with Crippen LogP contribution in [-0.2, 0) is 4.74 Å².